The van der Waals surface area contributed by atoms with E-state index in [4.69, 9.17) is 17.3 Å². The van der Waals surface area contributed by atoms with Crippen molar-refractivity contribution in [3.63, 3.8) is 0 Å². The predicted octanol–water partition coefficient (Wildman–Crippen LogP) is 2.02. The molecule has 0 aliphatic carbocycles. The highest BCUT2D eigenvalue weighted by Gasteiger charge is 2.20. The Morgan fingerprint density at radius 2 is 2.15 bits per heavy atom. The quantitative estimate of drug-likeness (QED) is 0.845. The van der Waals surface area contributed by atoms with Gasteiger partial charge in [0.25, 0.3) is 10.0 Å². The maximum Gasteiger partial charge on any atom is 0.263 e. The van der Waals surface area contributed by atoms with Gasteiger partial charge in [0.2, 0.25) is 0 Å². The Bertz CT molecular complexity index is 740. The van der Waals surface area contributed by atoms with Gasteiger partial charge < -0.3 is 5.73 Å². The molecule has 0 amide bonds. The van der Waals surface area contributed by atoms with E-state index in [0.717, 1.165) is 0 Å². The number of nitrogens with one attached hydrogen (secondary N) is 1. The largest absolute Gasteiger partial charge is 0.399 e. The van der Waals surface area contributed by atoms with Crippen LogP contribution in [0.1, 0.15) is 12.6 Å². The minimum absolute atomic E-state index is 0.0146. The van der Waals surface area contributed by atoms with Crippen LogP contribution in [-0.4, -0.2) is 18.2 Å². The van der Waals surface area contributed by atoms with Crippen LogP contribution in [0.5, 0.6) is 0 Å². The van der Waals surface area contributed by atoms with Crippen LogP contribution in [0.15, 0.2) is 29.3 Å². The molecule has 0 radical (unpaired) electrons. The van der Waals surface area contributed by atoms with Gasteiger partial charge in [-0.05, 0) is 24.6 Å². The predicted molar refractivity (Wildman–Crippen MR) is 79.3 cm³/mol. The summed E-state index contributed by atoms with van der Waals surface area (Å²) in [6.07, 6.45) is 2.23. The number of benzene rings is 1. The zero-order valence-corrected chi connectivity index (χ0v) is 12.7. The molecule has 6 nitrogen and oxygen atoms in total. The topological polar surface area (TPSA) is 90.0 Å². The molecule has 3 N–H and O–H groups in total. The van der Waals surface area contributed by atoms with Gasteiger partial charge in [0.05, 0.1) is 16.4 Å². The molecule has 2 rings (SSSR count). The molecule has 0 saturated heterocycles. The van der Waals surface area contributed by atoms with E-state index in [0.29, 0.717) is 23.5 Å². The van der Waals surface area contributed by atoms with Crippen LogP contribution in [0.3, 0.4) is 0 Å². The van der Waals surface area contributed by atoms with Crippen molar-refractivity contribution in [3.05, 3.63) is 35.1 Å². The van der Waals surface area contributed by atoms with Gasteiger partial charge in [-0.2, -0.15) is 5.10 Å². The Morgan fingerprint density at radius 1 is 1.45 bits per heavy atom. The third-order valence-corrected chi connectivity index (χ3v) is 4.58. The summed E-state index contributed by atoms with van der Waals surface area (Å²) in [5.41, 5.74) is 7.08. The fourth-order valence-corrected chi connectivity index (χ4v) is 3.44. The number of nitrogen functional groups attached to an aromatic ring is 1. The molecule has 1 aromatic carbocycles. The number of halogens is 1. The lowest BCUT2D eigenvalue weighted by Crippen LogP contribution is -2.14. The zero-order chi connectivity index (χ0) is 14.9. The van der Waals surface area contributed by atoms with Crippen molar-refractivity contribution in [3.8, 4) is 0 Å². The van der Waals surface area contributed by atoms with E-state index in [1.165, 1.54) is 18.2 Å². The first-order valence-corrected chi connectivity index (χ1v) is 7.80. The van der Waals surface area contributed by atoms with Gasteiger partial charge in [-0.1, -0.05) is 18.5 Å². The lowest BCUT2D eigenvalue weighted by molar-refractivity contribution is 0.601. The highest BCUT2D eigenvalue weighted by atomic mass is 35.5. The average molecular weight is 315 g/mol. The molecule has 0 spiro atoms. The minimum Gasteiger partial charge on any atom is -0.399 e. The van der Waals surface area contributed by atoms with Crippen LogP contribution in [0.25, 0.3) is 0 Å². The molecule has 0 aliphatic rings. The molecule has 0 saturated carbocycles. The molecule has 20 heavy (non-hydrogen) atoms. The number of aryl methyl sites for hydroxylation is 2. The normalized spacial score (nSPS) is 11.6. The molecule has 0 bridgehead atoms. The number of sulfonamides is 1. The Balaban J connectivity index is 2.40. The fraction of sp³-hybridized carbons (Fsp3) is 0.250. The van der Waals surface area contributed by atoms with Gasteiger partial charge in [0, 0.05) is 18.9 Å². The number of anilines is 2. The van der Waals surface area contributed by atoms with E-state index >= 15 is 0 Å². The van der Waals surface area contributed by atoms with Crippen LogP contribution in [0.2, 0.25) is 5.02 Å². The number of rotatable bonds is 4. The van der Waals surface area contributed by atoms with Crippen LogP contribution >= 0.6 is 11.6 Å². The van der Waals surface area contributed by atoms with E-state index in [1.807, 2.05) is 6.92 Å². The van der Waals surface area contributed by atoms with Crippen molar-refractivity contribution < 1.29 is 8.42 Å². The molecule has 0 unspecified atom stereocenters. The molecule has 0 atom stereocenters. The number of hydrogen-bond acceptors (Lipinski definition) is 4. The Morgan fingerprint density at radius 3 is 2.75 bits per heavy atom. The molecular weight excluding hydrogens is 300 g/mol. The highest BCUT2D eigenvalue weighted by molar-refractivity contribution is 7.92. The first-order chi connectivity index (χ1) is 9.33. The van der Waals surface area contributed by atoms with Crippen molar-refractivity contribution in [1.29, 1.82) is 0 Å². The molecule has 8 heteroatoms. The highest BCUT2D eigenvalue weighted by Crippen LogP contribution is 2.26. The lowest BCUT2D eigenvalue weighted by Gasteiger charge is -2.09. The zero-order valence-electron chi connectivity index (χ0n) is 11.1. The summed E-state index contributed by atoms with van der Waals surface area (Å²) in [6.45, 7) is 1.90. The van der Waals surface area contributed by atoms with Crippen molar-refractivity contribution in [2.24, 2.45) is 7.05 Å². The molecule has 1 aromatic heterocycles. The van der Waals surface area contributed by atoms with Crippen LogP contribution in [0, 0.1) is 0 Å². The Labute approximate surface area is 122 Å². The number of nitrogens with zero attached hydrogens (tertiary/aromatic N) is 2. The number of aromatic nitrogens is 2. The summed E-state index contributed by atoms with van der Waals surface area (Å²) in [6, 6.07) is 4.27. The fourth-order valence-electron chi connectivity index (χ4n) is 1.82. The molecule has 1 heterocycles. The van der Waals surface area contributed by atoms with E-state index < -0.39 is 10.0 Å². The SMILES string of the molecule is CCc1nn(C)cc1NS(=O)(=O)c1ccc(N)cc1Cl. The van der Waals surface area contributed by atoms with Gasteiger partial charge in [-0.15, -0.1) is 0 Å². The Kier molecular flexibility index (Phi) is 3.92. The van der Waals surface area contributed by atoms with Gasteiger partial charge >= 0.3 is 0 Å². The summed E-state index contributed by atoms with van der Waals surface area (Å²) in [5, 5.41) is 4.26. The van der Waals surface area contributed by atoms with Crippen LogP contribution in [-0.2, 0) is 23.5 Å². The Hall–Kier alpha value is -1.73. The maximum absolute atomic E-state index is 12.3. The second-order valence-electron chi connectivity index (χ2n) is 4.31. The summed E-state index contributed by atoms with van der Waals surface area (Å²) in [7, 11) is -2.04. The van der Waals surface area contributed by atoms with Crippen molar-refractivity contribution in [2.45, 2.75) is 18.2 Å². The van der Waals surface area contributed by atoms with Gasteiger partial charge in [-0.3, -0.25) is 9.40 Å². The van der Waals surface area contributed by atoms with Gasteiger partial charge in [0.1, 0.15) is 4.90 Å². The molecule has 2 aromatic rings. The molecular formula is C12H15ClN4O2S. The van der Waals surface area contributed by atoms with Gasteiger partial charge in [-0.25, -0.2) is 8.42 Å². The molecule has 0 fully saturated rings. The number of nitrogens with two attached hydrogens (primary N) is 1. The second-order valence-corrected chi connectivity index (χ2v) is 6.37. The first-order valence-electron chi connectivity index (χ1n) is 5.94. The second kappa shape index (κ2) is 5.34. The molecule has 108 valence electrons. The monoisotopic (exact) mass is 314 g/mol. The van der Waals surface area contributed by atoms with Crippen LogP contribution in [0.4, 0.5) is 11.4 Å². The summed E-state index contributed by atoms with van der Waals surface area (Å²) >= 11 is 5.94. The molecule has 0 aliphatic heterocycles. The van der Waals surface area contributed by atoms with E-state index in [-0.39, 0.29) is 9.92 Å². The van der Waals surface area contributed by atoms with Crippen molar-refractivity contribution in [2.75, 3.05) is 10.5 Å². The third kappa shape index (κ3) is 2.88. The van der Waals surface area contributed by atoms with Gasteiger partial charge in [0.15, 0.2) is 0 Å². The third-order valence-electron chi connectivity index (χ3n) is 2.73. The van der Waals surface area contributed by atoms with Crippen LogP contribution < -0.4 is 10.5 Å². The summed E-state index contributed by atoms with van der Waals surface area (Å²) in [4.78, 5) is -0.0146. The minimum atomic E-state index is -3.77. The van der Waals surface area contributed by atoms with E-state index in [2.05, 4.69) is 9.82 Å². The van der Waals surface area contributed by atoms with E-state index in [1.54, 1.807) is 17.9 Å². The average Bonchev–Trinajstić information content (AvgIpc) is 2.67. The van der Waals surface area contributed by atoms with E-state index in [9.17, 15) is 8.42 Å². The lowest BCUT2D eigenvalue weighted by atomic mass is 10.3. The number of hydrogen-bond donors (Lipinski definition) is 2. The van der Waals surface area contributed by atoms with Crippen molar-refractivity contribution >= 4 is 33.0 Å². The van der Waals surface area contributed by atoms with Crippen molar-refractivity contribution in [1.82, 2.24) is 9.78 Å². The summed E-state index contributed by atoms with van der Waals surface area (Å²) in [5.74, 6) is 0. The summed E-state index contributed by atoms with van der Waals surface area (Å²) < 4.78 is 28.7. The first kappa shape index (κ1) is 14.7. The maximum atomic E-state index is 12.3. The standard InChI is InChI=1S/C12H15ClN4O2S/c1-3-10-11(7-17(2)15-10)16-20(18,19)12-5-4-8(14)6-9(12)13/h4-7,16H,3,14H2,1-2H3. The smallest absolute Gasteiger partial charge is 0.263 e.